The van der Waals surface area contributed by atoms with Crippen molar-refractivity contribution in [2.75, 3.05) is 27.3 Å². The van der Waals surface area contributed by atoms with Crippen LogP contribution in [0.15, 0.2) is 85.2 Å². The molecule has 14 atom stereocenters. The lowest BCUT2D eigenvalue weighted by atomic mass is 9.79. The Hall–Kier alpha value is -8.00. The van der Waals surface area contributed by atoms with Crippen molar-refractivity contribution in [3.63, 3.8) is 0 Å². The number of Topliss-reactive ketones (excluding diaryl/α,β-unsaturated/α-hetero) is 2. The molecule has 2 aromatic heterocycles. The predicted octanol–water partition coefficient (Wildman–Crippen LogP) is 12.6. The molecule has 110 heavy (non-hydrogen) atoms. The van der Waals surface area contributed by atoms with Crippen molar-refractivity contribution < 1.29 is 83.6 Å². The molecular formula is C84H114N6O18S2. The van der Waals surface area contributed by atoms with Gasteiger partial charge in [0.15, 0.2) is 11.6 Å². The Morgan fingerprint density at radius 2 is 0.918 bits per heavy atom. The quantitative estimate of drug-likeness (QED) is 0.0690. The van der Waals surface area contributed by atoms with Gasteiger partial charge in [0.05, 0.1) is 84.4 Å². The largest absolute Gasteiger partial charge is 0.496 e. The number of ketones is 2. The molecule has 2 N–H and O–H groups in total. The van der Waals surface area contributed by atoms with Crippen LogP contribution in [-0.2, 0) is 67.9 Å². The van der Waals surface area contributed by atoms with E-state index in [1.54, 1.807) is 91.8 Å². The Kier molecular flexibility index (Phi) is 24.6. The molecule has 2 saturated heterocycles. The van der Waals surface area contributed by atoms with Gasteiger partial charge in [-0.25, -0.2) is 26.8 Å². The first kappa shape index (κ1) is 82.9. The van der Waals surface area contributed by atoms with Crippen LogP contribution in [0.3, 0.4) is 0 Å². The van der Waals surface area contributed by atoms with Gasteiger partial charge in [0, 0.05) is 59.6 Å². The number of ether oxygens (including phenoxy) is 6. The summed E-state index contributed by atoms with van der Waals surface area (Å²) in [5.41, 5.74) is -4.02. The summed E-state index contributed by atoms with van der Waals surface area (Å²) in [6.45, 7) is 22.4. The smallest absolute Gasteiger partial charge is 0.307 e. The number of hydrogen-bond acceptors (Lipinski definition) is 20. The molecule has 26 heteroatoms. The second-order valence-corrected chi connectivity index (χ2v) is 39.5. The number of methoxy groups -OCH3 is 2. The summed E-state index contributed by atoms with van der Waals surface area (Å²) in [5, 5.41) is 3.01. The molecule has 6 fully saturated rings. The standard InChI is InChI=1S/2C42H57N3O9S/c2*1-8-27-20-26(2)12-9-10-13-28-23-42(28,39(49)44-55(50,51)41(6)17-18-41)24-34(46)33-21-29(25-45(33)38(48)32(27)22-36(47)54-40(3,4)5)53-37-31-14-11-15-35(52-7)30(31)16-19-43-37/h2*10-11,13-16,19,26-29,32-33H,8-9,12,17-18,20-25H2,1-7H3,(H,44,49)/b2*13-10-/t26-,27+,28+,29+,32-,33-,42+;26-,27-,28-,29-,32+,33+,42-/m01/s1. The van der Waals surface area contributed by atoms with E-state index in [9.17, 15) is 55.2 Å². The van der Waals surface area contributed by atoms with Crippen molar-refractivity contribution in [1.29, 1.82) is 0 Å². The Morgan fingerprint density at radius 3 is 1.25 bits per heavy atom. The van der Waals surface area contributed by atoms with E-state index in [1.165, 1.54) is 0 Å². The molecule has 2 aromatic carbocycles. The molecule has 4 amide bonds. The van der Waals surface area contributed by atoms with Gasteiger partial charge in [-0.2, -0.15) is 0 Å². The van der Waals surface area contributed by atoms with Crippen LogP contribution in [0, 0.1) is 58.2 Å². The van der Waals surface area contributed by atoms with Gasteiger partial charge < -0.3 is 38.2 Å². The van der Waals surface area contributed by atoms with Crippen molar-refractivity contribution >= 4 is 88.7 Å². The van der Waals surface area contributed by atoms with Crippen molar-refractivity contribution in [3.05, 3.63) is 85.2 Å². The third-order valence-corrected chi connectivity index (χ3v) is 28.7. The van der Waals surface area contributed by atoms with Crippen LogP contribution in [0.5, 0.6) is 23.3 Å². The van der Waals surface area contributed by atoms with E-state index in [-0.39, 0.29) is 111 Å². The lowest BCUT2D eigenvalue weighted by Gasteiger charge is -2.33. The number of carbonyl (C=O) groups excluding carboxylic acids is 8. The highest BCUT2D eigenvalue weighted by molar-refractivity contribution is 7.92. The zero-order chi connectivity index (χ0) is 79.8. The number of nitrogens with zero attached hydrogens (tertiary/aromatic N) is 4. The second kappa shape index (κ2) is 32.6. The first-order valence-electron chi connectivity index (χ1n) is 39.5. The summed E-state index contributed by atoms with van der Waals surface area (Å²) in [6, 6.07) is 12.8. The number of nitrogens with one attached hydrogen (secondary N) is 2. The third-order valence-electron chi connectivity index (χ3n) is 24.3. The Labute approximate surface area is 648 Å². The molecule has 4 aliphatic carbocycles. The fourth-order valence-electron chi connectivity index (χ4n) is 17.0. The first-order chi connectivity index (χ1) is 51.8. The molecule has 8 aliphatic rings. The van der Waals surface area contributed by atoms with E-state index in [2.05, 4.69) is 33.3 Å². The molecule has 0 radical (unpaired) electrons. The predicted molar refractivity (Wildman–Crippen MR) is 415 cm³/mol. The average molecular weight is 1560 g/mol. The zero-order valence-corrected chi connectivity index (χ0v) is 68.2. The van der Waals surface area contributed by atoms with Gasteiger partial charge in [-0.15, -0.1) is 0 Å². The SMILES string of the molecule is CC[C@@H]1C[C@@H](C)CC/C=C\[C@@H]2C[C@@]2(C(=O)NS(=O)(=O)C2(C)CC2)CC(=O)[C@@H]2C[C@@H](Oc3nccc4c(OC)cccc34)CN2C(=O)[C@H]1CC(=O)OC(C)(C)C.CC[C@@H]1C[C@H](C)CC/C=C\[C@@H]2C[C@@]2(C(=O)NS(=O)(=O)C2(C)CC2)CC(=O)[C@@H]2C[C@@H](Oc3nccc4c(OC)cccc34)CN2C(=O)[C@H]1CC(=O)OC(C)(C)C. The van der Waals surface area contributed by atoms with Crippen LogP contribution >= 0.6 is 0 Å². The molecule has 600 valence electrons. The second-order valence-electron chi connectivity index (χ2n) is 35.1. The number of allylic oxidation sites excluding steroid dienone is 4. The molecule has 0 spiro atoms. The topological polar surface area (TPSA) is 317 Å². The van der Waals surface area contributed by atoms with E-state index < -0.39 is 111 Å². The summed E-state index contributed by atoms with van der Waals surface area (Å²) >= 11 is 0. The normalized spacial score (nSPS) is 30.3. The maximum absolute atomic E-state index is 15.0. The Balaban J connectivity index is 0.000000218. The number of sulfonamides is 2. The average Bonchev–Trinajstić information content (AvgIpc) is 1.57. The number of aromatic nitrogens is 2. The minimum Gasteiger partial charge on any atom is -0.496 e. The summed E-state index contributed by atoms with van der Waals surface area (Å²) in [6.07, 6.45) is 17.7. The lowest BCUT2D eigenvalue weighted by molar-refractivity contribution is -0.160. The fourth-order valence-corrected chi connectivity index (χ4v) is 19.6. The number of rotatable bonds is 18. The number of fused-ring (bicyclic) bond motifs is 6. The minimum atomic E-state index is -3.95. The van der Waals surface area contributed by atoms with Gasteiger partial charge >= 0.3 is 11.9 Å². The van der Waals surface area contributed by atoms with Gasteiger partial charge in [-0.1, -0.05) is 77.0 Å². The van der Waals surface area contributed by atoms with Crippen LogP contribution in [0.25, 0.3) is 21.5 Å². The first-order valence-corrected chi connectivity index (χ1v) is 42.5. The number of carbonyl (C=O) groups is 8. The summed E-state index contributed by atoms with van der Waals surface area (Å²) in [7, 11) is -4.73. The number of amides is 4. The van der Waals surface area contributed by atoms with Gasteiger partial charge in [-0.3, -0.25) is 47.8 Å². The molecule has 4 saturated carbocycles. The van der Waals surface area contributed by atoms with Crippen LogP contribution in [-0.4, -0.2) is 156 Å². The number of hydrogen-bond donors (Lipinski definition) is 2. The number of pyridine rings is 2. The van der Waals surface area contributed by atoms with E-state index in [1.807, 2.05) is 86.7 Å². The summed E-state index contributed by atoms with van der Waals surface area (Å²) < 4.78 is 91.3. The molecule has 24 nitrogen and oxygen atoms in total. The van der Waals surface area contributed by atoms with Crippen LogP contribution in [0.4, 0.5) is 0 Å². The highest BCUT2D eigenvalue weighted by atomic mass is 32.2. The minimum absolute atomic E-state index is 0.0589. The third kappa shape index (κ3) is 18.5. The van der Waals surface area contributed by atoms with E-state index >= 15 is 0 Å². The molecule has 4 aromatic rings. The maximum Gasteiger partial charge on any atom is 0.307 e. The van der Waals surface area contributed by atoms with Crippen molar-refractivity contribution in [1.82, 2.24) is 29.2 Å². The Morgan fingerprint density at radius 1 is 0.545 bits per heavy atom. The van der Waals surface area contributed by atoms with Gasteiger partial charge in [0.25, 0.3) is 0 Å². The monoisotopic (exact) mass is 1560 g/mol. The molecule has 12 rings (SSSR count). The highest BCUT2D eigenvalue weighted by Gasteiger charge is 2.65. The number of benzene rings is 2. The molecule has 6 heterocycles. The number of esters is 2. The van der Waals surface area contributed by atoms with Crippen LogP contribution < -0.4 is 28.4 Å². The molecular weight excluding hydrogens is 1450 g/mol. The maximum atomic E-state index is 15.0. The van der Waals surface area contributed by atoms with Crippen molar-refractivity contribution in [3.8, 4) is 23.3 Å². The fraction of sp³-hybridized carbons (Fsp3) is 0.643. The molecule has 4 aliphatic heterocycles. The van der Waals surface area contributed by atoms with Crippen molar-refractivity contribution in [2.45, 2.75) is 256 Å². The summed E-state index contributed by atoms with van der Waals surface area (Å²) in [4.78, 5) is 126. The van der Waals surface area contributed by atoms with E-state index in [0.29, 0.717) is 98.2 Å². The highest BCUT2D eigenvalue weighted by Crippen LogP contribution is 2.59. The Bertz CT molecular complexity index is 4180. The molecule has 0 bridgehead atoms. The molecule has 0 unspecified atom stereocenters. The summed E-state index contributed by atoms with van der Waals surface area (Å²) in [5.74, 6) is -3.76. The van der Waals surface area contributed by atoms with Gasteiger partial charge in [-0.05, 0) is 204 Å². The zero-order valence-electron chi connectivity index (χ0n) is 66.5. The van der Waals surface area contributed by atoms with Crippen molar-refractivity contribution in [2.24, 2.45) is 58.2 Å². The van der Waals surface area contributed by atoms with Crippen LogP contribution in [0.2, 0.25) is 0 Å². The van der Waals surface area contributed by atoms with E-state index in [0.717, 1.165) is 36.5 Å². The van der Waals surface area contributed by atoms with Gasteiger partial charge in [0.1, 0.15) is 34.9 Å². The van der Waals surface area contributed by atoms with Gasteiger partial charge in [0.2, 0.25) is 55.4 Å². The van der Waals surface area contributed by atoms with Crippen LogP contribution in [0.1, 0.15) is 212 Å². The lowest BCUT2D eigenvalue weighted by Crippen LogP contribution is -2.48. The van der Waals surface area contributed by atoms with E-state index in [4.69, 9.17) is 28.4 Å².